The molecule has 0 saturated heterocycles. The summed E-state index contributed by atoms with van der Waals surface area (Å²) >= 11 is 0. The lowest BCUT2D eigenvalue weighted by atomic mass is 10.0. The van der Waals surface area contributed by atoms with Crippen LogP contribution in [0.3, 0.4) is 0 Å². The first kappa shape index (κ1) is 26.3. The first-order chi connectivity index (χ1) is 18.1. The summed E-state index contributed by atoms with van der Waals surface area (Å²) in [7, 11) is 0. The number of unbranched alkanes of at least 4 members (excludes halogenated alkanes) is 2. The Morgan fingerprint density at radius 1 is 0.865 bits per heavy atom. The molecule has 0 aliphatic rings. The van der Waals surface area contributed by atoms with E-state index in [1.165, 1.54) is 18.4 Å². The molecular weight excluding hydrogens is 458 g/mol. The van der Waals surface area contributed by atoms with Crippen LogP contribution < -0.4 is 5.56 Å². The highest BCUT2D eigenvalue weighted by molar-refractivity contribution is 5.94. The molecule has 3 aromatic carbocycles. The zero-order chi connectivity index (χ0) is 26.2. The smallest absolute Gasteiger partial charge is 0.261 e. The third-order valence-electron chi connectivity index (χ3n) is 6.99. The molecule has 4 rings (SSSR count). The van der Waals surface area contributed by atoms with Gasteiger partial charge in [0.25, 0.3) is 11.5 Å². The number of carbonyl (C=O) groups excluding carboxylic acids is 1. The number of hydrogen-bond donors (Lipinski definition) is 0. The minimum absolute atomic E-state index is 0.0547. The Bertz CT molecular complexity index is 1380. The molecule has 5 heteroatoms. The molecule has 0 bridgehead atoms. The number of amides is 1. The zero-order valence-electron chi connectivity index (χ0n) is 22.2. The molecule has 0 radical (unpaired) electrons. The van der Waals surface area contributed by atoms with Gasteiger partial charge < -0.3 is 4.90 Å². The number of rotatable bonds is 11. The molecule has 0 saturated carbocycles. The number of nitrogens with zero attached hydrogens (tertiary/aromatic N) is 3. The summed E-state index contributed by atoms with van der Waals surface area (Å²) in [5, 5.41) is 0.600. The van der Waals surface area contributed by atoms with Crippen LogP contribution in [0, 0.1) is 0 Å². The molecule has 1 amide bonds. The Morgan fingerprint density at radius 3 is 2.24 bits per heavy atom. The Morgan fingerprint density at radius 2 is 1.57 bits per heavy atom. The Labute approximate surface area is 219 Å². The molecule has 0 N–H and O–H groups in total. The molecular formula is C32H37N3O2. The lowest BCUT2D eigenvalue weighted by Crippen LogP contribution is -2.38. The fourth-order valence-corrected chi connectivity index (χ4v) is 4.95. The van der Waals surface area contributed by atoms with Gasteiger partial charge in [-0.05, 0) is 61.6 Å². The molecule has 37 heavy (non-hydrogen) atoms. The van der Waals surface area contributed by atoms with E-state index >= 15 is 0 Å². The van der Waals surface area contributed by atoms with Gasteiger partial charge in [0.2, 0.25) is 0 Å². The third kappa shape index (κ3) is 5.99. The molecule has 4 aromatic rings. The van der Waals surface area contributed by atoms with E-state index in [2.05, 4.69) is 19.1 Å². The van der Waals surface area contributed by atoms with Gasteiger partial charge in [-0.15, -0.1) is 0 Å². The number of para-hydroxylation sites is 1. The van der Waals surface area contributed by atoms with Gasteiger partial charge in [-0.1, -0.05) is 81.3 Å². The van der Waals surface area contributed by atoms with Gasteiger partial charge in [0.05, 0.1) is 16.9 Å². The number of aromatic nitrogens is 2. The van der Waals surface area contributed by atoms with Crippen LogP contribution in [0.25, 0.3) is 10.9 Å². The lowest BCUT2D eigenvalue weighted by Gasteiger charge is -2.32. The second-order valence-electron chi connectivity index (χ2n) is 9.53. The summed E-state index contributed by atoms with van der Waals surface area (Å²) < 4.78 is 1.72. The third-order valence-corrected chi connectivity index (χ3v) is 6.99. The maximum absolute atomic E-state index is 14.1. The maximum Gasteiger partial charge on any atom is 0.261 e. The van der Waals surface area contributed by atoms with Gasteiger partial charge in [-0.2, -0.15) is 0 Å². The highest BCUT2D eigenvalue weighted by atomic mass is 16.2. The Kier molecular flexibility index (Phi) is 8.89. The van der Waals surface area contributed by atoms with Crippen molar-refractivity contribution < 1.29 is 4.79 Å². The molecule has 1 unspecified atom stereocenters. The van der Waals surface area contributed by atoms with E-state index in [0.29, 0.717) is 41.8 Å². The first-order valence-electron chi connectivity index (χ1n) is 13.5. The predicted octanol–water partition coefficient (Wildman–Crippen LogP) is 6.94. The van der Waals surface area contributed by atoms with Crippen molar-refractivity contribution in [2.24, 2.45) is 0 Å². The van der Waals surface area contributed by atoms with E-state index in [4.69, 9.17) is 4.98 Å². The number of carbonyl (C=O) groups is 1. The maximum atomic E-state index is 14.1. The SMILES string of the molecule is CCCCCc1ccc(C(=O)N(Cc2ccccc2)C(CC)c2nc3ccccc3c(=O)n2CC)cc1. The average Bonchev–Trinajstić information content (AvgIpc) is 2.94. The minimum Gasteiger partial charge on any atom is -0.324 e. The van der Waals surface area contributed by atoms with Crippen molar-refractivity contribution >= 4 is 16.8 Å². The molecule has 1 atom stereocenters. The highest BCUT2D eigenvalue weighted by Crippen LogP contribution is 2.28. The van der Waals surface area contributed by atoms with Gasteiger partial charge in [0, 0.05) is 18.7 Å². The van der Waals surface area contributed by atoms with E-state index in [0.717, 1.165) is 18.4 Å². The Balaban J connectivity index is 1.76. The second-order valence-corrected chi connectivity index (χ2v) is 9.53. The second kappa shape index (κ2) is 12.5. The summed E-state index contributed by atoms with van der Waals surface area (Å²) in [6, 6.07) is 25.1. The summed E-state index contributed by atoms with van der Waals surface area (Å²) in [6.45, 7) is 7.13. The minimum atomic E-state index is -0.353. The molecule has 0 fully saturated rings. The van der Waals surface area contributed by atoms with Crippen molar-refractivity contribution in [3.05, 3.63) is 112 Å². The molecule has 0 aliphatic carbocycles. The first-order valence-corrected chi connectivity index (χ1v) is 13.5. The van der Waals surface area contributed by atoms with E-state index in [-0.39, 0.29) is 17.5 Å². The summed E-state index contributed by atoms with van der Waals surface area (Å²) in [4.78, 5) is 34.3. The molecule has 0 spiro atoms. The highest BCUT2D eigenvalue weighted by Gasteiger charge is 2.29. The molecule has 5 nitrogen and oxygen atoms in total. The van der Waals surface area contributed by atoms with Crippen LogP contribution in [0.5, 0.6) is 0 Å². The predicted molar refractivity (Wildman–Crippen MR) is 151 cm³/mol. The van der Waals surface area contributed by atoms with Gasteiger partial charge in [0.1, 0.15) is 5.82 Å². The van der Waals surface area contributed by atoms with Crippen molar-refractivity contribution in [3.63, 3.8) is 0 Å². The summed E-state index contributed by atoms with van der Waals surface area (Å²) in [6.07, 6.45) is 5.22. The fraction of sp³-hybridized carbons (Fsp3) is 0.344. The van der Waals surface area contributed by atoms with Crippen LogP contribution in [0.15, 0.2) is 83.7 Å². The number of aryl methyl sites for hydroxylation is 1. The van der Waals surface area contributed by atoms with E-state index < -0.39 is 0 Å². The average molecular weight is 496 g/mol. The van der Waals surface area contributed by atoms with Crippen molar-refractivity contribution in [2.45, 2.75) is 72.0 Å². The van der Waals surface area contributed by atoms with Crippen molar-refractivity contribution in [1.29, 1.82) is 0 Å². The van der Waals surface area contributed by atoms with Gasteiger partial charge in [0.15, 0.2) is 0 Å². The topological polar surface area (TPSA) is 55.2 Å². The fourth-order valence-electron chi connectivity index (χ4n) is 4.95. The van der Waals surface area contributed by atoms with E-state index in [9.17, 15) is 9.59 Å². The Hall–Kier alpha value is -3.73. The standard InChI is InChI=1S/C32H37N3O2/c1-4-7-9-14-24-19-21-26(22-20-24)31(36)35(23-25-15-10-8-11-16-25)29(5-2)30-33-28-18-13-12-17-27(28)32(37)34(30)6-3/h8,10-13,15-22,29H,4-7,9,14,23H2,1-3H3. The van der Waals surface area contributed by atoms with Crippen LogP contribution in [0.4, 0.5) is 0 Å². The number of fused-ring (bicyclic) bond motifs is 1. The summed E-state index contributed by atoms with van der Waals surface area (Å²) in [5.74, 6) is 0.579. The van der Waals surface area contributed by atoms with Crippen LogP contribution in [0.1, 0.15) is 79.8 Å². The lowest BCUT2D eigenvalue weighted by molar-refractivity contribution is 0.0638. The molecule has 192 valence electrons. The largest absolute Gasteiger partial charge is 0.324 e. The van der Waals surface area contributed by atoms with Gasteiger partial charge >= 0.3 is 0 Å². The van der Waals surface area contributed by atoms with Crippen molar-refractivity contribution in [2.75, 3.05) is 0 Å². The van der Waals surface area contributed by atoms with E-state index in [1.807, 2.05) is 85.5 Å². The van der Waals surface area contributed by atoms with Crippen LogP contribution in [-0.2, 0) is 19.5 Å². The quantitative estimate of drug-likeness (QED) is 0.212. The van der Waals surface area contributed by atoms with Crippen LogP contribution in [-0.4, -0.2) is 20.4 Å². The van der Waals surface area contributed by atoms with Crippen molar-refractivity contribution in [1.82, 2.24) is 14.5 Å². The normalized spacial score (nSPS) is 12.0. The molecule has 0 aliphatic heterocycles. The van der Waals surface area contributed by atoms with Gasteiger partial charge in [-0.3, -0.25) is 14.2 Å². The van der Waals surface area contributed by atoms with Crippen LogP contribution >= 0.6 is 0 Å². The summed E-state index contributed by atoms with van der Waals surface area (Å²) in [5.41, 5.74) is 3.54. The molecule has 1 aromatic heterocycles. The van der Waals surface area contributed by atoms with Crippen molar-refractivity contribution in [3.8, 4) is 0 Å². The van der Waals surface area contributed by atoms with Crippen LogP contribution in [0.2, 0.25) is 0 Å². The monoisotopic (exact) mass is 495 g/mol. The van der Waals surface area contributed by atoms with E-state index in [1.54, 1.807) is 4.57 Å². The zero-order valence-corrected chi connectivity index (χ0v) is 22.2. The number of hydrogen-bond acceptors (Lipinski definition) is 3. The molecule has 1 heterocycles. The van der Waals surface area contributed by atoms with Gasteiger partial charge in [-0.25, -0.2) is 4.98 Å². The number of benzene rings is 3.